The normalized spacial score (nSPS) is 14.0. The number of carboxylic acids is 1. The minimum Gasteiger partial charge on any atom is -0.502 e. The van der Waals surface area contributed by atoms with Crippen LogP contribution in [0.2, 0.25) is 0 Å². The van der Waals surface area contributed by atoms with Crippen LogP contribution < -0.4 is 10.4 Å². The van der Waals surface area contributed by atoms with Crippen molar-refractivity contribution in [2.45, 2.75) is 6.54 Å². The van der Waals surface area contributed by atoms with E-state index in [4.69, 9.17) is 9.52 Å². The van der Waals surface area contributed by atoms with E-state index in [9.17, 15) is 19.5 Å². The summed E-state index contributed by atoms with van der Waals surface area (Å²) in [5, 5.41) is 20.6. The molecule has 0 fully saturated rings. The number of pyridine rings is 1. The van der Waals surface area contributed by atoms with E-state index in [0.717, 1.165) is 11.8 Å². The molecule has 0 saturated carbocycles. The van der Waals surface area contributed by atoms with Gasteiger partial charge in [0.25, 0.3) is 5.91 Å². The van der Waals surface area contributed by atoms with Gasteiger partial charge in [-0.2, -0.15) is 0 Å². The third-order valence-electron chi connectivity index (χ3n) is 3.58. The van der Waals surface area contributed by atoms with Crippen LogP contribution in [0.15, 0.2) is 34.0 Å². The van der Waals surface area contributed by atoms with E-state index < -0.39 is 28.6 Å². The SMILES string of the molecule is CN1CN(Cc2ccoc2)C(=O)c2c(O)c(=O)c(C(=O)O)cn21. The minimum atomic E-state index is -1.47. The molecule has 0 aromatic carbocycles. The molecule has 1 aliphatic heterocycles. The Morgan fingerprint density at radius 2 is 2.13 bits per heavy atom. The Morgan fingerprint density at radius 3 is 2.74 bits per heavy atom. The van der Waals surface area contributed by atoms with Crippen LogP contribution in [0.5, 0.6) is 5.75 Å². The topological polar surface area (TPSA) is 116 Å². The summed E-state index contributed by atoms with van der Waals surface area (Å²) >= 11 is 0. The summed E-state index contributed by atoms with van der Waals surface area (Å²) in [5.41, 5.74) is -1.20. The lowest BCUT2D eigenvalue weighted by atomic mass is 10.2. The van der Waals surface area contributed by atoms with Gasteiger partial charge in [0.1, 0.15) is 12.2 Å². The number of hydrogen-bond donors (Lipinski definition) is 2. The zero-order valence-corrected chi connectivity index (χ0v) is 12.1. The van der Waals surface area contributed by atoms with E-state index in [0.29, 0.717) is 0 Å². The molecule has 0 saturated heterocycles. The molecule has 3 rings (SSSR count). The number of aromatic nitrogens is 1. The van der Waals surface area contributed by atoms with Gasteiger partial charge in [-0.1, -0.05) is 0 Å². The molecule has 0 unspecified atom stereocenters. The van der Waals surface area contributed by atoms with Crippen LogP contribution in [0.4, 0.5) is 0 Å². The molecule has 0 bridgehead atoms. The summed E-state index contributed by atoms with van der Waals surface area (Å²) in [6.07, 6.45) is 4.00. The first-order valence-corrected chi connectivity index (χ1v) is 6.64. The molecular formula is C14H13N3O6. The molecule has 0 radical (unpaired) electrons. The van der Waals surface area contributed by atoms with Gasteiger partial charge in [-0.05, 0) is 6.07 Å². The number of nitrogens with zero attached hydrogens (tertiary/aromatic N) is 3. The first-order chi connectivity index (χ1) is 10.9. The quantitative estimate of drug-likeness (QED) is 0.819. The number of aromatic carboxylic acids is 1. The van der Waals surface area contributed by atoms with Crippen LogP contribution in [-0.2, 0) is 6.54 Å². The van der Waals surface area contributed by atoms with Crippen molar-refractivity contribution in [2.75, 3.05) is 18.7 Å². The Bertz CT molecular complexity index is 839. The fourth-order valence-electron chi connectivity index (χ4n) is 2.46. The predicted molar refractivity (Wildman–Crippen MR) is 76.9 cm³/mol. The molecule has 3 heterocycles. The average molecular weight is 319 g/mol. The summed E-state index contributed by atoms with van der Waals surface area (Å²) in [5.74, 6) is -2.92. The molecular weight excluding hydrogens is 306 g/mol. The Labute approximate surface area is 129 Å². The van der Waals surface area contributed by atoms with Crippen LogP contribution in [0, 0.1) is 0 Å². The number of fused-ring (bicyclic) bond motifs is 1. The first kappa shape index (κ1) is 14.7. The fraction of sp³-hybridized carbons (Fsp3) is 0.214. The second kappa shape index (κ2) is 5.20. The fourth-order valence-corrected chi connectivity index (χ4v) is 2.46. The van der Waals surface area contributed by atoms with E-state index >= 15 is 0 Å². The van der Waals surface area contributed by atoms with Crippen molar-refractivity contribution >= 4 is 11.9 Å². The maximum atomic E-state index is 12.5. The second-order valence-corrected chi connectivity index (χ2v) is 5.15. The minimum absolute atomic E-state index is 0.151. The molecule has 0 atom stereocenters. The van der Waals surface area contributed by atoms with E-state index in [2.05, 4.69) is 0 Å². The number of furan rings is 1. The van der Waals surface area contributed by atoms with Gasteiger partial charge in [0.15, 0.2) is 11.4 Å². The number of amides is 1. The summed E-state index contributed by atoms with van der Waals surface area (Å²) in [6.45, 7) is 0.381. The van der Waals surface area contributed by atoms with Crippen LogP contribution in [0.1, 0.15) is 26.4 Å². The molecule has 2 aromatic rings. The molecule has 9 nitrogen and oxygen atoms in total. The largest absolute Gasteiger partial charge is 0.502 e. The maximum Gasteiger partial charge on any atom is 0.341 e. The van der Waals surface area contributed by atoms with Gasteiger partial charge < -0.3 is 19.5 Å². The monoisotopic (exact) mass is 319 g/mol. The highest BCUT2D eigenvalue weighted by molar-refractivity contribution is 5.97. The van der Waals surface area contributed by atoms with Gasteiger partial charge in [0, 0.05) is 18.8 Å². The Morgan fingerprint density at radius 1 is 1.39 bits per heavy atom. The van der Waals surface area contributed by atoms with Gasteiger partial charge in [0.05, 0.1) is 19.1 Å². The average Bonchev–Trinajstić information content (AvgIpc) is 2.99. The molecule has 0 aliphatic carbocycles. The van der Waals surface area contributed by atoms with Crippen molar-refractivity contribution < 1.29 is 24.2 Å². The van der Waals surface area contributed by atoms with E-state index in [1.807, 2.05) is 0 Å². The predicted octanol–water partition coefficient (Wildman–Crippen LogP) is 0.0264. The standard InChI is InChI=1S/C14H13N3O6/c1-15-7-16(4-8-2-3-23-6-8)13(20)10-12(19)11(18)9(14(21)22)5-17(10)15/h2-3,5-6,19H,4,7H2,1H3,(H,21,22). The highest BCUT2D eigenvalue weighted by atomic mass is 16.4. The van der Waals surface area contributed by atoms with E-state index in [1.54, 1.807) is 13.1 Å². The molecule has 1 aliphatic rings. The van der Waals surface area contributed by atoms with Crippen LogP contribution in [0.3, 0.4) is 0 Å². The zero-order valence-electron chi connectivity index (χ0n) is 12.1. The third kappa shape index (κ3) is 2.31. The van der Waals surface area contributed by atoms with Gasteiger partial charge in [-0.15, -0.1) is 0 Å². The van der Waals surface area contributed by atoms with Crippen molar-refractivity contribution in [1.29, 1.82) is 0 Å². The molecule has 120 valence electrons. The summed E-state index contributed by atoms with van der Waals surface area (Å²) in [7, 11) is 1.61. The lowest BCUT2D eigenvalue weighted by Crippen LogP contribution is -2.52. The van der Waals surface area contributed by atoms with E-state index in [-0.39, 0.29) is 18.9 Å². The van der Waals surface area contributed by atoms with Crippen LogP contribution >= 0.6 is 0 Å². The van der Waals surface area contributed by atoms with Gasteiger partial charge in [0.2, 0.25) is 5.43 Å². The smallest absolute Gasteiger partial charge is 0.341 e. The molecule has 23 heavy (non-hydrogen) atoms. The lowest BCUT2D eigenvalue weighted by molar-refractivity contribution is 0.0661. The number of carbonyl (C=O) groups is 2. The highest BCUT2D eigenvalue weighted by Crippen LogP contribution is 2.22. The molecule has 1 amide bonds. The van der Waals surface area contributed by atoms with Crippen molar-refractivity contribution in [3.8, 4) is 5.75 Å². The zero-order chi connectivity index (χ0) is 16.7. The Kier molecular flexibility index (Phi) is 3.32. The summed E-state index contributed by atoms with van der Waals surface area (Å²) < 4.78 is 6.13. The van der Waals surface area contributed by atoms with Crippen LogP contribution in [0.25, 0.3) is 0 Å². The van der Waals surface area contributed by atoms with Crippen LogP contribution in [-0.4, -0.2) is 45.4 Å². The lowest BCUT2D eigenvalue weighted by Gasteiger charge is -2.37. The number of hydrogen-bond acceptors (Lipinski definition) is 6. The number of carbonyl (C=O) groups excluding carboxylic acids is 1. The molecule has 9 heteroatoms. The second-order valence-electron chi connectivity index (χ2n) is 5.15. The molecule has 0 spiro atoms. The number of rotatable bonds is 3. The summed E-state index contributed by atoms with van der Waals surface area (Å²) in [4.78, 5) is 36.9. The molecule has 2 N–H and O–H groups in total. The van der Waals surface area contributed by atoms with Crippen molar-refractivity contribution in [2.24, 2.45) is 0 Å². The highest BCUT2D eigenvalue weighted by Gasteiger charge is 2.33. The van der Waals surface area contributed by atoms with Crippen molar-refractivity contribution in [1.82, 2.24) is 9.58 Å². The third-order valence-corrected chi connectivity index (χ3v) is 3.58. The Balaban J connectivity index is 2.07. The number of aromatic hydroxyl groups is 1. The summed E-state index contributed by atoms with van der Waals surface area (Å²) in [6, 6.07) is 1.70. The van der Waals surface area contributed by atoms with Gasteiger partial charge >= 0.3 is 5.97 Å². The van der Waals surface area contributed by atoms with Gasteiger partial charge in [-0.3, -0.25) is 19.3 Å². The first-order valence-electron chi connectivity index (χ1n) is 6.64. The van der Waals surface area contributed by atoms with Crippen molar-refractivity contribution in [3.05, 3.63) is 51.8 Å². The number of carboxylic acid groups (broad SMARTS) is 1. The van der Waals surface area contributed by atoms with E-state index in [1.165, 1.54) is 27.1 Å². The van der Waals surface area contributed by atoms with Gasteiger partial charge in [-0.25, -0.2) is 4.79 Å². The van der Waals surface area contributed by atoms with Crippen molar-refractivity contribution in [3.63, 3.8) is 0 Å². The maximum absolute atomic E-state index is 12.5. The Hall–Kier alpha value is -3.23. The molecule has 2 aromatic heterocycles.